The van der Waals surface area contributed by atoms with E-state index in [1.54, 1.807) is 12.1 Å². The van der Waals surface area contributed by atoms with Crippen molar-refractivity contribution in [1.82, 2.24) is 0 Å². The molecule has 2 atom stereocenters. The number of amides is 1. The summed E-state index contributed by atoms with van der Waals surface area (Å²) in [5.41, 5.74) is 3.13. The molecule has 1 N–H and O–H groups in total. The lowest BCUT2D eigenvalue weighted by molar-refractivity contribution is -0.384. The smallest absolute Gasteiger partial charge is 0.269 e. The van der Waals surface area contributed by atoms with Crippen molar-refractivity contribution in [2.24, 2.45) is 17.3 Å². The van der Waals surface area contributed by atoms with Gasteiger partial charge >= 0.3 is 0 Å². The number of nitrogens with one attached hydrogen (secondary N) is 1. The maximum absolute atomic E-state index is 13.5. The highest BCUT2D eigenvalue weighted by molar-refractivity contribution is 5.96. The van der Waals surface area contributed by atoms with E-state index in [-0.39, 0.29) is 22.4 Å². The molecule has 2 aromatic carbocycles. The van der Waals surface area contributed by atoms with Gasteiger partial charge in [0.25, 0.3) is 5.69 Å². The van der Waals surface area contributed by atoms with E-state index in [4.69, 9.17) is 0 Å². The Morgan fingerprint density at radius 2 is 1.62 bits per heavy atom. The largest absolute Gasteiger partial charge is 0.326 e. The summed E-state index contributed by atoms with van der Waals surface area (Å²) in [5.74, 6) is 1.32. The minimum atomic E-state index is -0.421. The monoisotopic (exact) mass is 390 g/mol. The van der Waals surface area contributed by atoms with Gasteiger partial charge in [-0.1, -0.05) is 29.8 Å². The lowest BCUT2D eigenvalue weighted by Crippen LogP contribution is -2.57. The van der Waals surface area contributed by atoms with Crippen molar-refractivity contribution in [2.45, 2.75) is 50.9 Å². The molecule has 5 nitrogen and oxygen atoms in total. The standard InChI is InChI=1S/C24H26N2O3/c1-16-2-4-19(5-3-16)23-11-17-10-18(12-23)14-24(13-17,15-23)22(27)25-20-6-8-21(9-7-20)26(28)29/h2-9,17-18H,10-15H2,1H3,(H,25,27). The second kappa shape index (κ2) is 6.41. The zero-order chi connectivity index (χ0) is 20.2. The number of non-ortho nitro benzene ring substituents is 1. The van der Waals surface area contributed by atoms with Gasteiger partial charge in [-0.3, -0.25) is 14.9 Å². The van der Waals surface area contributed by atoms with Gasteiger partial charge in [0.2, 0.25) is 5.91 Å². The van der Waals surface area contributed by atoms with Gasteiger partial charge in [0.1, 0.15) is 0 Å². The summed E-state index contributed by atoms with van der Waals surface area (Å²) in [5, 5.41) is 14.0. The van der Waals surface area contributed by atoms with Gasteiger partial charge in [-0.05, 0) is 80.4 Å². The van der Waals surface area contributed by atoms with Crippen molar-refractivity contribution in [3.8, 4) is 0 Å². The van der Waals surface area contributed by atoms with Gasteiger partial charge in [-0.2, -0.15) is 0 Å². The zero-order valence-corrected chi connectivity index (χ0v) is 16.7. The Morgan fingerprint density at radius 1 is 1.00 bits per heavy atom. The van der Waals surface area contributed by atoms with Crippen molar-refractivity contribution in [2.75, 3.05) is 5.32 Å². The van der Waals surface area contributed by atoms with Crippen LogP contribution in [0.1, 0.15) is 49.7 Å². The van der Waals surface area contributed by atoms with Crippen molar-refractivity contribution < 1.29 is 9.72 Å². The molecule has 1 amide bonds. The number of benzene rings is 2. The van der Waals surface area contributed by atoms with E-state index in [1.165, 1.54) is 42.5 Å². The van der Waals surface area contributed by atoms with Crippen LogP contribution in [0.2, 0.25) is 0 Å². The van der Waals surface area contributed by atoms with Gasteiger partial charge in [0.15, 0.2) is 0 Å². The minimum Gasteiger partial charge on any atom is -0.326 e. The van der Waals surface area contributed by atoms with Gasteiger partial charge in [-0.25, -0.2) is 0 Å². The molecule has 4 fully saturated rings. The number of aryl methyl sites for hydroxylation is 1. The van der Waals surface area contributed by atoms with Crippen LogP contribution in [0.4, 0.5) is 11.4 Å². The molecule has 2 unspecified atom stereocenters. The van der Waals surface area contributed by atoms with Crippen molar-refractivity contribution in [3.05, 3.63) is 69.8 Å². The van der Waals surface area contributed by atoms with Crippen LogP contribution < -0.4 is 5.32 Å². The first-order valence-electron chi connectivity index (χ1n) is 10.5. The normalized spacial score (nSPS) is 32.2. The van der Waals surface area contributed by atoms with Crippen molar-refractivity contribution in [3.63, 3.8) is 0 Å². The third-order valence-corrected chi connectivity index (χ3v) is 7.54. The molecule has 150 valence electrons. The maximum Gasteiger partial charge on any atom is 0.269 e. The van der Waals surface area contributed by atoms with E-state index in [0.29, 0.717) is 17.5 Å². The van der Waals surface area contributed by atoms with Crippen molar-refractivity contribution >= 4 is 17.3 Å². The Labute approximate surface area is 170 Å². The molecule has 4 aliphatic carbocycles. The summed E-state index contributed by atoms with van der Waals surface area (Å²) >= 11 is 0. The highest BCUT2D eigenvalue weighted by Crippen LogP contribution is 2.66. The summed E-state index contributed by atoms with van der Waals surface area (Å²) in [6, 6.07) is 15.1. The van der Waals surface area contributed by atoms with Crippen molar-refractivity contribution in [1.29, 1.82) is 0 Å². The Kier molecular flexibility index (Phi) is 4.05. The third-order valence-electron chi connectivity index (χ3n) is 7.54. The average molecular weight is 390 g/mol. The molecule has 4 saturated carbocycles. The van der Waals surface area contributed by atoms with Crippen LogP contribution in [0.5, 0.6) is 0 Å². The average Bonchev–Trinajstić information content (AvgIpc) is 2.68. The first kappa shape index (κ1) is 18.3. The Morgan fingerprint density at radius 3 is 2.21 bits per heavy atom. The quantitative estimate of drug-likeness (QED) is 0.563. The summed E-state index contributed by atoms with van der Waals surface area (Å²) in [6.07, 6.45) is 6.49. The van der Waals surface area contributed by atoms with E-state index >= 15 is 0 Å². The van der Waals surface area contributed by atoms with Crippen LogP contribution in [0, 0.1) is 34.3 Å². The number of anilines is 1. The van der Waals surface area contributed by atoms with Crippen LogP contribution in [0.25, 0.3) is 0 Å². The summed E-state index contributed by atoms with van der Waals surface area (Å²) in [4.78, 5) is 23.9. The molecule has 5 heteroatoms. The summed E-state index contributed by atoms with van der Waals surface area (Å²) in [7, 11) is 0. The fourth-order valence-corrected chi connectivity index (χ4v) is 6.70. The Bertz CT molecular complexity index is 951. The van der Waals surface area contributed by atoms with E-state index in [2.05, 4.69) is 36.5 Å². The predicted molar refractivity (Wildman–Crippen MR) is 112 cm³/mol. The molecule has 0 radical (unpaired) electrons. The van der Waals surface area contributed by atoms with Crippen LogP contribution in [-0.2, 0) is 10.2 Å². The number of nitro benzene ring substituents is 1. The lowest BCUT2D eigenvalue weighted by Gasteiger charge is -2.61. The minimum absolute atomic E-state index is 0.0381. The number of rotatable bonds is 4. The lowest BCUT2D eigenvalue weighted by atomic mass is 9.42. The van der Waals surface area contributed by atoms with Crippen LogP contribution in [-0.4, -0.2) is 10.8 Å². The van der Waals surface area contributed by atoms with E-state index in [1.807, 2.05) is 0 Å². The molecular formula is C24H26N2O3. The molecule has 0 heterocycles. The Hall–Kier alpha value is -2.69. The van der Waals surface area contributed by atoms with Crippen LogP contribution in [0.15, 0.2) is 48.5 Å². The summed E-state index contributed by atoms with van der Waals surface area (Å²) < 4.78 is 0. The molecule has 4 aliphatic rings. The first-order chi connectivity index (χ1) is 13.9. The topological polar surface area (TPSA) is 72.2 Å². The molecule has 6 rings (SSSR count). The SMILES string of the molecule is Cc1ccc(C23CC4CC(CC(C(=O)Nc5ccc([N+](=O)[O-])cc5)(C4)C2)C3)cc1. The van der Waals surface area contributed by atoms with E-state index in [0.717, 1.165) is 19.3 Å². The Balaban J connectivity index is 1.43. The van der Waals surface area contributed by atoms with E-state index < -0.39 is 4.92 Å². The van der Waals surface area contributed by atoms with Gasteiger partial charge in [-0.15, -0.1) is 0 Å². The number of nitro groups is 1. The van der Waals surface area contributed by atoms with Crippen LogP contribution in [0.3, 0.4) is 0 Å². The zero-order valence-electron chi connectivity index (χ0n) is 16.7. The van der Waals surface area contributed by atoms with Gasteiger partial charge in [0, 0.05) is 17.8 Å². The van der Waals surface area contributed by atoms with Gasteiger partial charge < -0.3 is 5.32 Å². The summed E-state index contributed by atoms with van der Waals surface area (Å²) in [6.45, 7) is 2.11. The second-order valence-electron chi connectivity index (χ2n) is 9.65. The molecule has 0 saturated heterocycles. The fourth-order valence-electron chi connectivity index (χ4n) is 6.70. The predicted octanol–water partition coefficient (Wildman–Crippen LogP) is 5.38. The number of nitrogens with zero attached hydrogens (tertiary/aromatic N) is 1. The molecule has 2 aromatic rings. The number of carbonyl (C=O) groups excluding carboxylic acids is 1. The molecule has 0 spiro atoms. The fraction of sp³-hybridized carbons (Fsp3) is 0.458. The molecule has 0 aromatic heterocycles. The number of hydrogen-bond acceptors (Lipinski definition) is 3. The number of carbonyl (C=O) groups is 1. The highest BCUT2D eigenvalue weighted by Gasteiger charge is 2.60. The highest BCUT2D eigenvalue weighted by atomic mass is 16.6. The molecule has 4 bridgehead atoms. The number of hydrogen-bond donors (Lipinski definition) is 1. The molecule has 29 heavy (non-hydrogen) atoms. The third kappa shape index (κ3) is 3.04. The molecular weight excluding hydrogens is 364 g/mol. The second-order valence-corrected chi connectivity index (χ2v) is 9.65. The van der Waals surface area contributed by atoms with Crippen LogP contribution >= 0.6 is 0 Å². The first-order valence-corrected chi connectivity index (χ1v) is 10.5. The maximum atomic E-state index is 13.5. The molecule has 0 aliphatic heterocycles. The van der Waals surface area contributed by atoms with E-state index in [9.17, 15) is 14.9 Å². The van der Waals surface area contributed by atoms with Gasteiger partial charge in [0.05, 0.1) is 10.3 Å².